The first-order valence-electron chi connectivity index (χ1n) is 15.5. The fourth-order valence-electron chi connectivity index (χ4n) is 6.64. The largest absolute Gasteiger partial charge is 0.354 e. The number of aromatic nitrogens is 2. The number of pyridine rings is 1. The Balaban J connectivity index is 1.78. The number of H-pyrrole nitrogens is 1. The van der Waals surface area contributed by atoms with E-state index in [1.165, 1.54) is 64.1 Å². The summed E-state index contributed by atoms with van der Waals surface area (Å²) >= 11 is 0. The van der Waals surface area contributed by atoms with Gasteiger partial charge in [0.2, 0.25) is 0 Å². The van der Waals surface area contributed by atoms with Crippen LogP contribution in [-0.4, -0.2) is 9.97 Å². The van der Waals surface area contributed by atoms with Gasteiger partial charge in [-0.15, -0.1) is 0 Å². The second kappa shape index (κ2) is 11.1. The fraction of sp³-hybridized carbons (Fsp3) is 0.0976. The number of hydrogen-bond acceptors (Lipinski definition) is 1. The molecule has 0 amide bonds. The first-order chi connectivity index (χ1) is 21.9. The van der Waals surface area contributed by atoms with Crippen LogP contribution in [0.5, 0.6) is 0 Å². The predicted octanol–water partition coefficient (Wildman–Crippen LogP) is 13.0. The van der Waals surface area contributed by atoms with E-state index >= 15 is 0 Å². The third kappa shape index (κ3) is 4.96. The van der Waals surface area contributed by atoms with Crippen LogP contribution in [0.2, 0.25) is 0 Å². The van der Waals surface area contributed by atoms with Crippen LogP contribution < -0.4 is 0 Å². The number of aromatic amines is 1. The van der Waals surface area contributed by atoms with E-state index in [9.17, 15) is 0 Å². The number of fused-ring (bicyclic) bond motifs is 2. The number of hydrogen-bond donors (Lipinski definition) is 1. The van der Waals surface area contributed by atoms with Gasteiger partial charge in [0.25, 0.3) is 0 Å². The summed E-state index contributed by atoms with van der Waals surface area (Å²) in [5, 5.41) is 10.3. The molecule has 218 valence electrons. The highest BCUT2D eigenvalue weighted by Gasteiger charge is 2.15. The van der Waals surface area contributed by atoms with Gasteiger partial charge in [-0.25, -0.2) is 4.98 Å². The highest BCUT2D eigenvalue weighted by molar-refractivity contribution is 7.67. The summed E-state index contributed by atoms with van der Waals surface area (Å²) in [6, 6.07) is 47.7. The lowest BCUT2D eigenvalue weighted by molar-refractivity contribution is 1.45. The Kier molecular flexibility index (Phi) is 6.87. The molecule has 0 saturated carbocycles. The molecule has 1 N–H and O–H groups in total. The highest BCUT2D eigenvalue weighted by Crippen LogP contribution is 2.53. The van der Waals surface area contributed by atoms with E-state index < -0.39 is 15.1 Å². The molecule has 2 atom stereocenters. The van der Waals surface area contributed by atoms with Gasteiger partial charge in [-0.2, -0.15) is 0 Å². The first kappa shape index (κ1) is 27.9. The zero-order valence-electron chi connectivity index (χ0n) is 26.0. The predicted molar refractivity (Wildman–Crippen MR) is 200 cm³/mol. The van der Waals surface area contributed by atoms with Gasteiger partial charge in [0, 0.05) is 31.2 Å². The Morgan fingerprint density at radius 1 is 0.422 bits per heavy atom. The molecule has 2 bridgehead atoms. The molecule has 45 heavy (non-hydrogen) atoms. The highest BCUT2D eigenvalue weighted by atomic mass is 31.1. The summed E-state index contributed by atoms with van der Waals surface area (Å²) in [5.41, 5.74) is 9.56. The molecule has 2 heterocycles. The molecule has 0 aliphatic rings. The molecule has 0 spiro atoms. The van der Waals surface area contributed by atoms with E-state index in [0.717, 1.165) is 22.1 Å². The van der Waals surface area contributed by atoms with Crippen molar-refractivity contribution in [2.45, 2.75) is 27.7 Å². The molecule has 4 heteroatoms. The summed E-state index contributed by atoms with van der Waals surface area (Å²) in [6.45, 7) is 8.85. The van der Waals surface area contributed by atoms with Crippen molar-refractivity contribution in [2.75, 3.05) is 0 Å². The van der Waals surface area contributed by atoms with E-state index in [1.54, 1.807) is 0 Å². The van der Waals surface area contributed by atoms with Crippen LogP contribution in [0.15, 0.2) is 127 Å². The van der Waals surface area contributed by atoms with Crippen molar-refractivity contribution in [1.29, 1.82) is 0 Å². The van der Waals surface area contributed by atoms with Gasteiger partial charge in [0.1, 0.15) is 0 Å². The van der Waals surface area contributed by atoms with Gasteiger partial charge in [-0.1, -0.05) is 99.0 Å². The average Bonchev–Trinajstić information content (AvgIpc) is 3.03. The molecular weight excluding hydrogens is 582 g/mol. The van der Waals surface area contributed by atoms with Gasteiger partial charge in [-0.3, -0.25) is 0 Å². The molecular formula is C41H34N2P2. The van der Waals surface area contributed by atoms with Crippen molar-refractivity contribution in [3.05, 3.63) is 150 Å². The molecule has 8 rings (SSSR count). The smallest absolute Gasteiger partial charge is 0.0825 e. The van der Waals surface area contributed by atoms with Crippen LogP contribution >= 0.6 is 15.1 Å². The van der Waals surface area contributed by atoms with Gasteiger partial charge in [0.05, 0.1) is 22.1 Å². The molecule has 0 aliphatic heterocycles. The van der Waals surface area contributed by atoms with Crippen LogP contribution in [0, 0.1) is 27.7 Å². The van der Waals surface area contributed by atoms with Gasteiger partial charge in [-0.05, 0) is 104 Å². The summed E-state index contributed by atoms with van der Waals surface area (Å²) < 4.78 is 0. The maximum absolute atomic E-state index is 5.71. The normalized spacial score (nSPS) is 12.4. The molecule has 0 radical (unpaired) electrons. The number of aryl methyl sites for hydroxylation is 4. The summed E-state index contributed by atoms with van der Waals surface area (Å²) in [5.74, 6) is 0. The number of rotatable bonds is 2. The molecule has 0 saturated heterocycles. The lowest BCUT2D eigenvalue weighted by atomic mass is 10.1. The van der Waals surface area contributed by atoms with E-state index in [1.807, 2.05) is 0 Å². The Morgan fingerprint density at radius 3 is 1.29 bits per heavy atom. The lowest BCUT2D eigenvalue weighted by Crippen LogP contribution is -1.88. The zero-order chi connectivity index (χ0) is 30.7. The van der Waals surface area contributed by atoms with Crippen molar-refractivity contribution in [1.82, 2.24) is 9.97 Å². The fourth-order valence-corrected chi connectivity index (χ4v) is 12.1. The molecule has 2 unspecified atom stereocenters. The lowest BCUT2D eigenvalue weighted by Gasteiger charge is -2.16. The zero-order valence-corrected chi connectivity index (χ0v) is 27.8. The standard InChI is InChI=1S/C41H34N2P2/c1-26-15-17-34-36(21-26)44(32-11-7-5-8-12-32)38-23-28(3)19-30-25-31-20-29(4)24-39(41(31)43-40(30)38)45(33-13-9-6-10-14-33)37-22-27(2)16-18-35(37)42-34/h5-25,42H,1-4H3. The third-order valence-corrected chi connectivity index (χ3v) is 13.6. The van der Waals surface area contributed by atoms with Crippen LogP contribution in [0.25, 0.3) is 63.9 Å². The topological polar surface area (TPSA) is 28.7 Å². The van der Waals surface area contributed by atoms with Crippen molar-refractivity contribution >= 4 is 68.4 Å². The number of nitrogens with one attached hydrogen (secondary N) is 1. The molecule has 0 aliphatic carbocycles. The minimum Gasteiger partial charge on any atom is -0.354 e. The Labute approximate surface area is 265 Å². The number of nitrogens with zero attached hydrogens (tertiary/aromatic N) is 1. The van der Waals surface area contributed by atoms with E-state index in [4.69, 9.17) is 4.98 Å². The second-order valence-electron chi connectivity index (χ2n) is 12.2. The Morgan fingerprint density at radius 2 is 0.844 bits per heavy atom. The van der Waals surface area contributed by atoms with Crippen molar-refractivity contribution < 1.29 is 0 Å². The Bertz CT molecular complexity index is 2340. The minimum atomic E-state index is -0.928. The van der Waals surface area contributed by atoms with E-state index in [-0.39, 0.29) is 0 Å². The average molecular weight is 617 g/mol. The van der Waals surface area contributed by atoms with Crippen LogP contribution in [0.1, 0.15) is 22.3 Å². The molecule has 2 aromatic heterocycles. The summed E-state index contributed by atoms with van der Waals surface area (Å²) in [4.78, 5) is 9.74. The minimum absolute atomic E-state index is 0.928. The second-order valence-corrected chi connectivity index (χ2v) is 16.5. The molecule has 8 aromatic rings. The summed E-state index contributed by atoms with van der Waals surface area (Å²) in [7, 11) is -1.86. The maximum Gasteiger partial charge on any atom is 0.0825 e. The monoisotopic (exact) mass is 616 g/mol. The van der Waals surface area contributed by atoms with Crippen LogP contribution in [0.3, 0.4) is 0 Å². The van der Waals surface area contributed by atoms with Crippen LogP contribution in [-0.2, 0) is 0 Å². The first-order valence-corrected chi connectivity index (χ1v) is 18.2. The van der Waals surface area contributed by atoms with Crippen LogP contribution in [0.4, 0.5) is 0 Å². The molecule has 6 aromatic carbocycles. The third-order valence-electron chi connectivity index (χ3n) is 8.63. The van der Waals surface area contributed by atoms with E-state index in [0.29, 0.717) is 0 Å². The quantitative estimate of drug-likeness (QED) is 0.192. The van der Waals surface area contributed by atoms with Gasteiger partial charge < -0.3 is 4.98 Å². The van der Waals surface area contributed by atoms with E-state index in [2.05, 4.69) is 160 Å². The van der Waals surface area contributed by atoms with Crippen molar-refractivity contribution in [3.8, 4) is 10.6 Å². The Hall–Kier alpha value is -4.61. The summed E-state index contributed by atoms with van der Waals surface area (Å²) in [6.07, 6.45) is 0. The SMILES string of the molecule is Cc1ccc2[nH]c3ccc(C)cc3p(-c3ccccc3)c3cc(C)cc4cc5cc(C)cc(c5nc43)p(-c3ccccc3)c2c1. The van der Waals surface area contributed by atoms with Gasteiger partial charge >= 0.3 is 0 Å². The maximum atomic E-state index is 5.71. The van der Waals surface area contributed by atoms with Crippen molar-refractivity contribution in [2.24, 2.45) is 0 Å². The van der Waals surface area contributed by atoms with Gasteiger partial charge in [0.15, 0.2) is 0 Å². The molecule has 0 fully saturated rings. The number of benzene rings is 6. The van der Waals surface area contributed by atoms with Crippen molar-refractivity contribution in [3.63, 3.8) is 0 Å². The molecule has 2 nitrogen and oxygen atoms in total.